The van der Waals surface area contributed by atoms with Gasteiger partial charge >= 0.3 is 30.0 Å². The second kappa shape index (κ2) is 17.8. The Balaban J connectivity index is 1.19. The molecule has 1 aromatic heterocycles. The van der Waals surface area contributed by atoms with Crippen LogP contribution in [0, 0.1) is 0 Å². The molecular formula is C36H36ClF3N8O7. The van der Waals surface area contributed by atoms with Gasteiger partial charge in [0.25, 0.3) is 5.91 Å². The Kier molecular flexibility index (Phi) is 12.9. The van der Waals surface area contributed by atoms with Gasteiger partial charge in [-0.15, -0.1) is 0 Å². The average molecular weight is 785 g/mol. The molecule has 0 aliphatic heterocycles. The van der Waals surface area contributed by atoms with Gasteiger partial charge in [-0.1, -0.05) is 23.7 Å². The van der Waals surface area contributed by atoms with E-state index < -0.39 is 54.1 Å². The van der Waals surface area contributed by atoms with Gasteiger partial charge < -0.3 is 40.8 Å². The number of nitrogens with zero attached hydrogens (tertiary/aromatic N) is 3. The lowest BCUT2D eigenvalue weighted by atomic mass is 10.1. The number of esters is 1. The Labute approximate surface area is 317 Å². The molecule has 0 spiro atoms. The number of aromatic nitrogens is 3. The molecule has 5 rings (SSSR count). The highest BCUT2D eigenvalue weighted by Crippen LogP contribution is 2.48. The van der Waals surface area contributed by atoms with Crippen molar-refractivity contribution in [2.24, 2.45) is 0 Å². The zero-order chi connectivity index (χ0) is 39.6. The number of nitrogens with one attached hydrogen (secondary N) is 5. The molecule has 0 unspecified atom stereocenters. The molecule has 1 heterocycles. The maximum absolute atomic E-state index is 13.1. The number of benzene rings is 3. The van der Waals surface area contributed by atoms with Crippen LogP contribution in [-0.2, 0) is 24.7 Å². The standard InChI is InChI=1S/C36H36ClF3N8O7/c1-3-54-26-14-12-24(13-15-26)42-30(51)29(50)41-19-16-27(31(52)53-2)44-28(49)21-4-10-25(11-5-21)43-32-45-33(47-34(46-32)55-20-36(38,39)40)48-35(17-18-35)22-6-8-23(37)9-7-22/h4-15,27H,3,16-20H2,1-2H3,(H,41,50)(H,42,51)(H,44,49)(H2,43,45,46,47,48)/t27-/m0/s1. The molecule has 1 atom stereocenters. The fraction of sp³-hybridized carbons (Fsp3) is 0.306. The van der Waals surface area contributed by atoms with Crippen molar-refractivity contribution in [2.45, 2.75) is 43.9 Å². The van der Waals surface area contributed by atoms with E-state index in [2.05, 4.69) is 41.5 Å². The minimum atomic E-state index is -4.64. The number of carbonyl (C=O) groups is 4. The first-order chi connectivity index (χ1) is 26.3. The molecule has 1 aliphatic rings. The quantitative estimate of drug-likeness (QED) is 0.0744. The van der Waals surface area contributed by atoms with Gasteiger partial charge in [0.1, 0.15) is 11.8 Å². The zero-order valence-corrected chi connectivity index (χ0v) is 30.2. The van der Waals surface area contributed by atoms with Crippen LogP contribution in [0.2, 0.25) is 5.02 Å². The molecule has 5 N–H and O–H groups in total. The van der Waals surface area contributed by atoms with Crippen molar-refractivity contribution in [1.29, 1.82) is 0 Å². The summed E-state index contributed by atoms with van der Waals surface area (Å²) in [6.45, 7) is 0.524. The Hall–Kier alpha value is -6.17. The fourth-order valence-corrected chi connectivity index (χ4v) is 5.27. The molecule has 3 amide bonds. The van der Waals surface area contributed by atoms with Gasteiger partial charge in [0, 0.05) is 28.5 Å². The number of amides is 3. The summed E-state index contributed by atoms with van der Waals surface area (Å²) in [6.07, 6.45) is -3.33. The van der Waals surface area contributed by atoms with Crippen LogP contribution in [0.3, 0.4) is 0 Å². The summed E-state index contributed by atoms with van der Waals surface area (Å²) < 4.78 is 53.8. The molecule has 0 saturated heterocycles. The Morgan fingerprint density at radius 1 is 0.855 bits per heavy atom. The van der Waals surface area contributed by atoms with Gasteiger partial charge in [0.15, 0.2) is 6.61 Å². The number of halogens is 4. The van der Waals surface area contributed by atoms with Crippen LogP contribution < -0.4 is 36.1 Å². The van der Waals surface area contributed by atoms with Crippen LogP contribution >= 0.6 is 11.6 Å². The summed E-state index contributed by atoms with van der Waals surface area (Å²) >= 11 is 6.03. The zero-order valence-electron chi connectivity index (χ0n) is 29.5. The summed E-state index contributed by atoms with van der Waals surface area (Å²) in [5.41, 5.74) is 1.19. The van der Waals surface area contributed by atoms with Crippen LogP contribution in [0.25, 0.3) is 0 Å². The summed E-state index contributed by atoms with van der Waals surface area (Å²) in [7, 11) is 1.13. The lowest BCUT2D eigenvalue weighted by molar-refractivity contribution is -0.154. The summed E-state index contributed by atoms with van der Waals surface area (Å²) in [5, 5.41) is 14.0. The van der Waals surface area contributed by atoms with Crippen molar-refractivity contribution in [2.75, 3.05) is 42.8 Å². The van der Waals surface area contributed by atoms with E-state index in [0.29, 0.717) is 41.6 Å². The van der Waals surface area contributed by atoms with E-state index in [1.54, 1.807) is 36.4 Å². The number of ether oxygens (including phenoxy) is 3. The summed E-state index contributed by atoms with van der Waals surface area (Å²) in [5.74, 6) is -2.91. The van der Waals surface area contributed by atoms with E-state index in [9.17, 15) is 32.3 Å². The Morgan fingerprint density at radius 2 is 1.51 bits per heavy atom. The normalized spacial score (nSPS) is 13.4. The second-order valence-corrected chi connectivity index (χ2v) is 12.5. The van der Waals surface area contributed by atoms with E-state index in [4.69, 9.17) is 25.8 Å². The number of methoxy groups -OCH3 is 1. The second-order valence-electron chi connectivity index (χ2n) is 12.1. The van der Waals surface area contributed by atoms with E-state index >= 15 is 0 Å². The third-order valence-corrected chi connectivity index (χ3v) is 8.27. The molecule has 3 aromatic carbocycles. The molecule has 4 aromatic rings. The lowest BCUT2D eigenvalue weighted by Gasteiger charge is -2.19. The van der Waals surface area contributed by atoms with E-state index in [0.717, 1.165) is 12.7 Å². The maximum Gasteiger partial charge on any atom is 0.422 e. The topological polar surface area (TPSA) is 195 Å². The largest absolute Gasteiger partial charge is 0.494 e. The average Bonchev–Trinajstić information content (AvgIpc) is 3.94. The molecule has 290 valence electrons. The highest BCUT2D eigenvalue weighted by atomic mass is 35.5. The molecule has 15 nitrogen and oxygen atoms in total. The van der Waals surface area contributed by atoms with E-state index in [1.807, 2.05) is 19.1 Å². The predicted molar refractivity (Wildman–Crippen MR) is 194 cm³/mol. The highest BCUT2D eigenvalue weighted by molar-refractivity contribution is 6.39. The van der Waals surface area contributed by atoms with Crippen molar-refractivity contribution >= 4 is 58.6 Å². The van der Waals surface area contributed by atoms with E-state index in [-0.39, 0.29) is 30.4 Å². The van der Waals surface area contributed by atoms with Gasteiger partial charge in [-0.05, 0) is 92.4 Å². The van der Waals surface area contributed by atoms with Gasteiger partial charge in [0.2, 0.25) is 11.9 Å². The van der Waals surface area contributed by atoms with E-state index in [1.165, 1.54) is 24.3 Å². The third-order valence-electron chi connectivity index (χ3n) is 8.02. The predicted octanol–water partition coefficient (Wildman–Crippen LogP) is 5.13. The minimum Gasteiger partial charge on any atom is -0.494 e. The number of carbonyl (C=O) groups excluding carboxylic acids is 4. The summed E-state index contributed by atoms with van der Waals surface area (Å²) in [4.78, 5) is 62.5. The van der Waals surface area contributed by atoms with Gasteiger partial charge in [-0.3, -0.25) is 14.4 Å². The maximum atomic E-state index is 13.1. The number of hydrogen-bond acceptors (Lipinski definition) is 12. The van der Waals surface area contributed by atoms with Gasteiger partial charge in [-0.25, -0.2) is 4.79 Å². The SMILES string of the molecule is CCOc1ccc(NC(=O)C(=O)NCC[C@H](NC(=O)c2ccc(Nc3nc(NC4(c5ccc(Cl)cc5)CC4)nc(OCC(F)(F)F)n3)cc2)C(=O)OC)cc1. The minimum absolute atomic E-state index is 0.0311. The van der Waals surface area contributed by atoms with Crippen LogP contribution in [0.5, 0.6) is 11.8 Å². The van der Waals surface area contributed by atoms with Crippen LogP contribution in [0.4, 0.5) is 36.4 Å². The molecule has 0 radical (unpaired) electrons. The smallest absolute Gasteiger partial charge is 0.422 e. The lowest BCUT2D eigenvalue weighted by Crippen LogP contribution is -2.44. The molecule has 1 aliphatic carbocycles. The first-order valence-corrected chi connectivity index (χ1v) is 17.2. The number of anilines is 4. The molecule has 19 heteroatoms. The Bertz CT molecular complexity index is 1980. The van der Waals surface area contributed by atoms with Crippen LogP contribution in [0.1, 0.15) is 42.1 Å². The number of alkyl halides is 3. The fourth-order valence-electron chi connectivity index (χ4n) is 5.14. The molecule has 1 saturated carbocycles. The molecule has 0 bridgehead atoms. The first kappa shape index (κ1) is 40.0. The Morgan fingerprint density at radius 3 is 2.13 bits per heavy atom. The van der Waals surface area contributed by atoms with Crippen LogP contribution in [-0.4, -0.2) is 77.7 Å². The van der Waals surface area contributed by atoms with Crippen molar-refractivity contribution in [3.8, 4) is 11.8 Å². The highest BCUT2D eigenvalue weighted by Gasteiger charge is 2.45. The number of rotatable bonds is 16. The van der Waals surface area contributed by atoms with Crippen molar-refractivity contribution in [3.63, 3.8) is 0 Å². The third kappa shape index (κ3) is 11.7. The monoisotopic (exact) mass is 784 g/mol. The van der Waals surface area contributed by atoms with Crippen molar-refractivity contribution in [3.05, 3.63) is 88.9 Å². The van der Waals surface area contributed by atoms with Crippen LogP contribution in [0.15, 0.2) is 72.8 Å². The van der Waals surface area contributed by atoms with Crippen molar-refractivity contribution in [1.82, 2.24) is 25.6 Å². The van der Waals surface area contributed by atoms with Crippen molar-refractivity contribution < 1.29 is 46.6 Å². The molecule has 55 heavy (non-hydrogen) atoms. The summed E-state index contributed by atoms with van der Waals surface area (Å²) in [6, 6.07) is 17.6. The van der Waals surface area contributed by atoms with Gasteiger partial charge in [0.05, 0.1) is 19.3 Å². The first-order valence-electron chi connectivity index (χ1n) is 16.8. The number of hydrogen-bond donors (Lipinski definition) is 5. The molecule has 1 fully saturated rings. The van der Waals surface area contributed by atoms with Gasteiger partial charge in [-0.2, -0.15) is 28.1 Å². The molecular weight excluding hydrogens is 749 g/mol.